The van der Waals surface area contributed by atoms with Crippen molar-refractivity contribution >= 4 is 24.1 Å². The van der Waals surface area contributed by atoms with E-state index in [1.807, 2.05) is 24.3 Å². The van der Waals surface area contributed by atoms with Crippen molar-refractivity contribution in [1.29, 1.82) is 0 Å². The molecule has 0 aliphatic rings. The van der Waals surface area contributed by atoms with Crippen LogP contribution in [-0.2, 0) is 0 Å². The zero-order chi connectivity index (χ0) is 18.5. The van der Waals surface area contributed by atoms with E-state index in [2.05, 4.69) is 20.8 Å². The molecular weight excluding hydrogens is 347 g/mol. The number of carbonyl (C=O) groups excluding carboxylic acids is 1. The van der Waals surface area contributed by atoms with E-state index in [-0.39, 0.29) is 5.12 Å². The molecule has 25 heavy (non-hydrogen) atoms. The van der Waals surface area contributed by atoms with Crippen LogP contribution in [-0.4, -0.2) is 36.2 Å². The number of hydrogen-bond donors (Lipinski definition) is 0. The van der Waals surface area contributed by atoms with Gasteiger partial charge in [-0.2, -0.15) is 0 Å². The van der Waals surface area contributed by atoms with Crippen molar-refractivity contribution < 1.29 is 9.53 Å². The maximum absolute atomic E-state index is 12.7. The second-order valence-corrected chi connectivity index (χ2v) is 12.6. The Labute approximate surface area is 159 Å². The Balaban J connectivity index is 2.76. The van der Waals surface area contributed by atoms with Crippen LogP contribution in [0.25, 0.3) is 0 Å². The third-order valence-corrected chi connectivity index (χ3v) is 11.8. The fraction of sp³-hybridized carbons (Fsp3) is 0.667. The third-order valence-electron chi connectivity index (χ3n) is 4.75. The highest BCUT2D eigenvalue weighted by atomic mass is 32.2. The maximum Gasteiger partial charge on any atom is 0.222 e. The molecule has 0 fully saturated rings. The molecule has 0 unspecified atom stereocenters. The molecule has 0 amide bonds. The van der Waals surface area contributed by atoms with Crippen molar-refractivity contribution in [3.63, 3.8) is 0 Å². The molecule has 0 heterocycles. The third kappa shape index (κ3) is 8.13. The molecule has 0 atom stereocenters. The molecule has 4 heteroatoms. The van der Waals surface area contributed by atoms with Crippen molar-refractivity contribution in [1.82, 2.24) is 0 Å². The number of thioether (sulfide) groups is 1. The van der Waals surface area contributed by atoms with Crippen LogP contribution in [0.1, 0.15) is 69.7 Å². The largest absolute Gasteiger partial charge is 0.497 e. The second-order valence-electron chi connectivity index (χ2n) is 6.86. The summed E-state index contributed by atoms with van der Waals surface area (Å²) < 4.78 is 5.18. The van der Waals surface area contributed by atoms with Gasteiger partial charge in [0.1, 0.15) is 11.2 Å². The molecule has 1 aromatic rings. The van der Waals surface area contributed by atoms with Crippen molar-refractivity contribution in [2.75, 3.05) is 31.1 Å². The fourth-order valence-corrected chi connectivity index (χ4v) is 10.1. The van der Waals surface area contributed by atoms with E-state index in [4.69, 9.17) is 4.74 Å². The molecular formula is C21H36O2PS+. The standard InChI is InChI=1S/C21H36O2PS/c1-5-8-15-24(16-9-6-2,17-10-7-3)18-25-21(22)19-11-13-20(23-4)14-12-19/h11-14H,5-10,15-18H2,1-4H3/q+1. The SMILES string of the molecule is CCCC[P+](CCCC)(CCCC)CSC(=O)c1ccc(OC)cc1. The van der Waals surface area contributed by atoms with E-state index in [9.17, 15) is 4.79 Å². The second kappa shape index (κ2) is 12.8. The predicted octanol–water partition coefficient (Wildman–Crippen LogP) is 6.94. The molecule has 0 aliphatic carbocycles. The van der Waals surface area contributed by atoms with Crippen LogP contribution < -0.4 is 4.74 Å². The van der Waals surface area contributed by atoms with Gasteiger partial charge >= 0.3 is 0 Å². The molecule has 0 bridgehead atoms. The zero-order valence-corrected chi connectivity index (χ0v) is 18.3. The molecule has 0 spiro atoms. The van der Waals surface area contributed by atoms with E-state index in [1.165, 1.54) is 57.0 Å². The summed E-state index contributed by atoms with van der Waals surface area (Å²) in [7, 11) is 0.634. The molecule has 0 aromatic heterocycles. The van der Waals surface area contributed by atoms with Crippen LogP contribution in [0.4, 0.5) is 0 Å². The lowest BCUT2D eigenvalue weighted by molar-refractivity contribution is 0.108. The highest BCUT2D eigenvalue weighted by Gasteiger charge is 2.36. The number of hydrogen-bond acceptors (Lipinski definition) is 3. The van der Waals surface area contributed by atoms with Gasteiger partial charge in [0.15, 0.2) is 0 Å². The van der Waals surface area contributed by atoms with Crippen LogP contribution in [0.15, 0.2) is 24.3 Å². The monoisotopic (exact) mass is 383 g/mol. The van der Waals surface area contributed by atoms with Crippen LogP contribution >= 0.6 is 19.0 Å². The Morgan fingerprint density at radius 3 is 1.80 bits per heavy atom. The lowest BCUT2D eigenvalue weighted by atomic mass is 10.2. The van der Waals surface area contributed by atoms with Crippen molar-refractivity contribution in [3.8, 4) is 5.75 Å². The summed E-state index contributed by atoms with van der Waals surface area (Å²) in [5, 5.41) is 0.219. The van der Waals surface area contributed by atoms with Crippen LogP contribution in [0.2, 0.25) is 0 Å². The summed E-state index contributed by atoms with van der Waals surface area (Å²) in [6.45, 7) is 6.85. The van der Waals surface area contributed by atoms with Gasteiger partial charge in [0.05, 0.1) is 25.6 Å². The number of rotatable bonds is 13. The summed E-state index contributed by atoms with van der Waals surface area (Å²) in [6, 6.07) is 7.53. The van der Waals surface area contributed by atoms with Gasteiger partial charge in [0, 0.05) is 12.8 Å². The van der Waals surface area contributed by atoms with Gasteiger partial charge in [-0.3, -0.25) is 4.79 Å². The van der Waals surface area contributed by atoms with E-state index in [1.54, 1.807) is 18.9 Å². The Hall–Kier alpha value is -0.530. The molecule has 2 nitrogen and oxygen atoms in total. The van der Waals surface area contributed by atoms with Gasteiger partial charge in [0.25, 0.3) is 0 Å². The van der Waals surface area contributed by atoms with E-state index in [0.717, 1.165) is 16.8 Å². The molecule has 1 aromatic carbocycles. The minimum atomic E-state index is -1.02. The van der Waals surface area contributed by atoms with Gasteiger partial charge in [0.2, 0.25) is 5.12 Å². The molecule has 142 valence electrons. The molecule has 0 radical (unpaired) electrons. The quantitative estimate of drug-likeness (QED) is 0.345. The lowest BCUT2D eigenvalue weighted by Crippen LogP contribution is -2.12. The fourth-order valence-electron chi connectivity index (χ4n) is 3.02. The zero-order valence-electron chi connectivity index (χ0n) is 16.6. The summed E-state index contributed by atoms with van der Waals surface area (Å²) in [4.78, 5) is 12.7. The van der Waals surface area contributed by atoms with Crippen molar-refractivity contribution in [3.05, 3.63) is 29.8 Å². The number of unbranched alkanes of at least 4 members (excludes halogenated alkanes) is 3. The highest BCUT2D eigenvalue weighted by Crippen LogP contribution is 2.63. The predicted molar refractivity (Wildman–Crippen MR) is 116 cm³/mol. The minimum Gasteiger partial charge on any atom is -0.497 e. The first-order valence-corrected chi connectivity index (χ1v) is 13.3. The number of methoxy groups -OCH3 is 1. The minimum absolute atomic E-state index is 0.219. The molecule has 0 aliphatic heterocycles. The first-order chi connectivity index (χ1) is 12.1. The Morgan fingerprint density at radius 2 is 1.40 bits per heavy atom. The van der Waals surface area contributed by atoms with Gasteiger partial charge < -0.3 is 4.74 Å². The molecule has 1 rings (SSSR count). The topological polar surface area (TPSA) is 26.3 Å². The summed E-state index contributed by atoms with van der Waals surface area (Å²) in [5.74, 6) is 0.803. The van der Waals surface area contributed by atoms with Crippen LogP contribution in [0, 0.1) is 0 Å². The normalized spacial score (nSPS) is 11.5. The van der Waals surface area contributed by atoms with E-state index in [0.29, 0.717) is 0 Å². The smallest absolute Gasteiger partial charge is 0.222 e. The number of carbonyl (C=O) groups is 1. The first kappa shape index (κ1) is 22.5. The van der Waals surface area contributed by atoms with Crippen LogP contribution in [0.3, 0.4) is 0 Å². The Kier molecular flexibility index (Phi) is 11.5. The average Bonchev–Trinajstić information content (AvgIpc) is 2.66. The summed E-state index contributed by atoms with van der Waals surface area (Å²) >= 11 is 1.57. The molecule has 0 saturated carbocycles. The van der Waals surface area contributed by atoms with Crippen molar-refractivity contribution in [2.24, 2.45) is 0 Å². The first-order valence-electron chi connectivity index (χ1n) is 9.77. The Bertz CT molecular complexity index is 465. The van der Waals surface area contributed by atoms with Crippen molar-refractivity contribution in [2.45, 2.75) is 59.3 Å². The molecule has 0 saturated heterocycles. The Morgan fingerprint density at radius 1 is 0.920 bits per heavy atom. The van der Waals surface area contributed by atoms with Gasteiger partial charge in [-0.25, -0.2) is 0 Å². The van der Waals surface area contributed by atoms with Gasteiger partial charge in [-0.15, -0.1) is 0 Å². The summed E-state index contributed by atoms with van der Waals surface area (Å²) in [5.41, 5.74) is 1.86. The maximum atomic E-state index is 12.7. The van der Waals surface area contributed by atoms with Gasteiger partial charge in [-0.1, -0.05) is 40.0 Å². The highest BCUT2D eigenvalue weighted by molar-refractivity contribution is 8.19. The number of benzene rings is 1. The lowest BCUT2D eigenvalue weighted by Gasteiger charge is -2.27. The number of ether oxygens (including phenoxy) is 1. The van der Waals surface area contributed by atoms with Crippen LogP contribution in [0.5, 0.6) is 5.75 Å². The average molecular weight is 384 g/mol. The van der Waals surface area contributed by atoms with E-state index >= 15 is 0 Å². The van der Waals surface area contributed by atoms with Gasteiger partial charge in [-0.05, 0) is 55.3 Å². The molecule has 0 N–H and O–H groups in total. The van der Waals surface area contributed by atoms with E-state index < -0.39 is 7.26 Å². The summed E-state index contributed by atoms with van der Waals surface area (Å²) in [6.07, 6.45) is 11.8.